The molecule has 0 aliphatic carbocycles. The van der Waals surface area contributed by atoms with Crippen LogP contribution in [0.3, 0.4) is 0 Å². The maximum absolute atomic E-state index is 14.4. The van der Waals surface area contributed by atoms with Gasteiger partial charge in [-0.25, -0.2) is 13.1 Å². The molecule has 5 amide bonds. The van der Waals surface area contributed by atoms with Crippen molar-refractivity contribution in [2.24, 2.45) is 17.2 Å². The lowest BCUT2D eigenvalue weighted by Crippen LogP contribution is -2.56. The van der Waals surface area contributed by atoms with Crippen LogP contribution in [0.25, 0.3) is 11.1 Å². The van der Waals surface area contributed by atoms with Crippen molar-refractivity contribution >= 4 is 39.6 Å². The van der Waals surface area contributed by atoms with E-state index in [9.17, 15) is 32.4 Å². The highest BCUT2D eigenvalue weighted by molar-refractivity contribution is 7.92. The number of nitrogens with one attached hydrogen (secondary N) is 4. The van der Waals surface area contributed by atoms with E-state index in [0.29, 0.717) is 50.3 Å². The zero-order valence-corrected chi connectivity index (χ0v) is 33.8. The summed E-state index contributed by atoms with van der Waals surface area (Å²) in [6, 6.07) is 9.74. The molecule has 1 aliphatic heterocycles. The molecule has 3 aromatic rings. The summed E-state index contributed by atoms with van der Waals surface area (Å²) < 4.78 is 38.6. The van der Waals surface area contributed by atoms with Crippen molar-refractivity contribution in [2.75, 3.05) is 39.9 Å². The summed E-state index contributed by atoms with van der Waals surface area (Å²) in [5, 5.41) is 8.52. The molecule has 4 bridgehead atoms. The maximum atomic E-state index is 14.4. The first-order chi connectivity index (χ1) is 27.5. The Kier molecular flexibility index (Phi) is 15.5. The first-order valence-corrected chi connectivity index (χ1v) is 20.2. The van der Waals surface area contributed by atoms with Crippen molar-refractivity contribution in [3.8, 4) is 22.6 Å². The molecule has 1 heterocycles. The lowest BCUT2D eigenvalue weighted by atomic mass is 9.93. The first kappa shape index (κ1) is 44.9. The van der Waals surface area contributed by atoms with Crippen LogP contribution < -0.4 is 47.3 Å². The van der Waals surface area contributed by atoms with E-state index in [4.69, 9.17) is 26.7 Å². The number of aryl methyl sites for hydroxylation is 2. The van der Waals surface area contributed by atoms with E-state index >= 15 is 0 Å². The van der Waals surface area contributed by atoms with Crippen LogP contribution in [0.5, 0.6) is 11.5 Å². The smallest absolute Gasteiger partial charge is 0.256 e. The predicted molar refractivity (Wildman–Crippen MR) is 218 cm³/mol. The maximum Gasteiger partial charge on any atom is 0.256 e. The van der Waals surface area contributed by atoms with Gasteiger partial charge in [-0.1, -0.05) is 36.4 Å². The fourth-order valence-corrected chi connectivity index (χ4v) is 6.94. The van der Waals surface area contributed by atoms with E-state index < -0.39 is 63.7 Å². The fraction of sp³-hybridized carbons (Fsp3) is 0.375. The van der Waals surface area contributed by atoms with E-state index in [-0.39, 0.29) is 45.7 Å². The molecule has 18 heteroatoms. The van der Waals surface area contributed by atoms with Gasteiger partial charge in [-0.05, 0) is 80.8 Å². The summed E-state index contributed by atoms with van der Waals surface area (Å²) in [4.78, 5) is 70.5. The molecule has 17 nitrogen and oxygen atoms in total. The van der Waals surface area contributed by atoms with Gasteiger partial charge in [0.25, 0.3) is 21.8 Å². The van der Waals surface area contributed by atoms with Crippen LogP contribution in [0.2, 0.25) is 0 Å². The Morgan fingerprint density at radius 2 is 1.55 bits per heavy atom. The van der Waals surface area contributed by atoms with E-state index in [2.05, 4.69) is 22.5 Å². The molecule has 4 rings (SSSR count). The number of hydrogen-bond acceptors (Lipinski definition) is 12. The Balaban J connectivity index is 1.90. The van der Waals surface area contributed by atoms with Gasteiger partial charge in [0.1, 0.15) is 48.9 Å². The number of fused-ring (bicyclic) bond motifs is 5. The molecule has 4 atom stereocenters. The van der Waals surface area contributed by atoms with Crippen LogP contribution in [-0.4, -0.2) is 101 Å². The second-order valence-electron chi connectivity index (χ2n) is 13.8. The van der Waals surface area contributed by atoms with Gasteiger partial charge in [0.15, 0.2) is 0 Å². The molecule has 0 fully saturated rings. The molecule has 1 aliphatic rings. The first-order valence-electron chi connectivity index (χ1n) is 18.6. The Hall–Kier alpha value is -5.82. The van der Waals surface area contributed by atoms with E-state index in [1.165, 1.54) is 14.0 Å². The molecular formula is C40H52N8O9S. The monoisotopic (exact) mass is 820 g/mol. The third-order valence-electron chi connectivity index (χ3n) is 9.36. The second kappa shape index (κ2) is 20.0. The standard InChI is InChI=1S/C40H52N8O9S/c1-6-58(54,55)47-38(51)32-21-26-8-11-33(56-17-15-42)29(20-26)30-22-27(9-12-34(30)57-18-16-43)35(39(52)44-25(4)36(49)46-32)48(5)40(53)31(13-14-41)45-37(50)28-10-7-23(2)19-24(28)3/h6-12,19-20,22,25,31-32,35H,1,13-18,21,41-43H2,2-5H3,(H,44,52)(H,45,50)(H,46,49)(H,47,51)/t25-,31-,32-,35-/m0/s1. The summed E-state index contributed by atoms with van der Waals surface area (Å²) in [5.41, 5.74) is 21.1. The van der Waals surface area contributed by atoms with Crippen molar-refractivity contribution in [1.29, 1.82) is 0 Å². The minimum atomic E-state index is -4.26. The summed E-state index contributed by atoms with van der Waals surface area (Å²) in [5.74, 6) is -3.17. The van der Waals surface area contributed by atoms with Gasteiger partial charge in [0, 0.05) is 48.7 Å². The summed E-state index contributed by atoms with van der Waals surface area (Å²) in [6.45, 7) is 8.84. The number of benzene rings is 3. The molecule has 0 unspecified atom stereocenters. The third-order valence-corrected chi connectivity index (χ3v) is 10.3. The lowest BCUT2D eigenvalue weighted by molar-refractivity contribution is -0.141. The SMILES string of the molecule is C=CS(=O)(=O)NC(=O)[C@@H]1Cc2ccc(OCCN)c(c2)-c2cc(ccc2OCCN)[C@H](N(C)C(=O)[C@H](CCN)NC(=O)c2ccc(C)cc2C)C(=O)N[C@@H](C)C(=O)N1. The van der Waals surface area contributed by atoms with Gasteiger partial charge in [-0.3, -0.25) is 24.0 Å². The van der Waals surface area contributed by atoms with Crippen molar-refractivity contribution in [1.82, 2.24) is 25.6 Å². The Bertz CT molecular complexity index is 2150. The number of hydrogen-bond donors (Lipinski definition) is 7. The molecule has 0 saturated carbocycles. The molecule has 0 aromatic heterocycles. The average Bonchev–Trinajstić information content (AvgIpc) is 3.18. The topological polar surface area (TPSA) is 267 Å². The second-order valence-corrected chi connectivity index (χ2v) is 15.4. The molecular weight excluding hydrogens is 769 g/mol. The van der Waals surface area contributed by atoms with Gasteiger partial charge in [-0.2, -0.15) is 0 Å². The lowest BCUT2D eigenvalue weighted by Gasteiger charge is -2.32. The quantitative estimate of drug-likeness (QED) is 0.110. The van der Waals surface area contributed by atoms with Gasteiger partial charge in [-0.15, -0.1) is 0 Å². The predicted octanol–water partition coefficient (Wildman–Crippen LogP) is 0.427. The summed E-state index contributed by atoms with van der Waals surface area (Å²) in [6.07, 6.45) is -0.159. The minimum Gasteiger partial charge on any atom is -0.492 e. The molecule has 3 aromatic carbocycles. The van der Waals surface area contributed by atoms with Gasteiger partial charge >= 0.3 is 0 Å². The highest BCUT2D eigenvalue weighted by Crippen LogP contribution is 2.40. The molecule has 312 valence electrons. The fourth-order valence-electron chi connectivity index (χ4n) is 6.44. The van der Waals surface area contributed by atoms with Crippen molar-refractivity contribution in [3.63, 3.8) is 0 Å². The highest BCUT2D eigenvalue weighted by Gasteiger charge is 2.36. The summed E-state index contributed by atoms with van der Waals surface area (Å²) >= 11 is 0. The van der Waals surface area contributed by atoms with Crippen LogP contribution in [0.15, 0.2) is 66.6 Å². The zero-order valence-electron chi connectivity index (χ0n) is 33.0. The number of carbonyl (C=O) groups is 5. The Labute approximate surface area is 338 Å². The van der Waals surface area contributed by atoms with E-state index in [0.717, 1.165) is 10.5 Å². The van der Waals surface area contributed by atoms with Crippen LogP contribution >= 0.6 is 0 Å². The molecule has 58 heavy (non-hydrogen) atoms. The van der Waals surface area contributed by atoms with E-state index in [1.54, 1.807) is 55.5 Å². The zero-order chi connectivity index (χ0) is 42.7. The number of likely N-dealkylation sites (N-methyl/N-ethyl adjacent to an activating group) is 1. The third kappa shape index (κ3) is 11.2. The number of nitrogens with zero attached hydrogens (tertiary/aromatic N) is 1. The van der Waals surface area contributed by atoms with Gasteiger partial charge in [0.2, 0.25) is 17.7 Å². The minimum absolute atomic E-state index is 0.0214. The number of ether oxygens (including phenoxy) is 2. The summed E-state index contributed by atoms with van der Waals surface area (Å²) in [7, 11) is -2.87. The molecule has 10 N–H and O–H groups in total. The van der Waals surface area contributed by atoms with Crippen molar-refractivity contribution in [3.05, 3.63) is 94.4 Å². The van der Waals surface area contributed by atoms with Crippen LogP contribution in [0, 0.1) is 13.8 Å². The Morgan fingerprint density at radius 3 is 2.16 bits per heavy atom. The molecule has 0 radical (unpaired) electrons. The number of carbonyl (C=O) groups excluding carboxylic acids is 5. The number of amides is 5. The van der Waals surface area contributed by atoms with E-state index in [1.807, 2.05) is 17.7 Å². The van der Waals surface area contributed by atoms with Crippen LogP contribution in [0.1, 0.15) is 52.0 Å². The average molecular weight is 821 g/mol. The van der Waals surface area contributed by atoms with Crippen molar-refractivity contribution in [2.45, 2.75) is 57.8 Å². The van der Waals surface area contributed by atoms with Crippen LogP contribution in [0.4, 0.5) is 0 Å². The number of rotatable bonds is 15. The molecule has 0 spiro atoms. The van der Waals surface area contributed by atoms with Gasteiger partial charge in [0.05, 0.1) is 0 Å². The normalized spacial score (nSPS) is 17.4. The largest absolute Gasteiger partial charge is 0.492 e. The van der Waals surface area contributed by atoms with Gasteiger partial charge < -0.3 is 47.5 Å². The number of sulfonamides is 1. The number of nitrogens with two attached hydrogens (primary N) is 3. The van der Waals surface area contributed by atoms with Crippen molar-refractivity contribution < 1.29 is 41.9 Å². The van der Waals surface area contributed by atoms with Crippen LogP contribution in [-0.2, 0) is 35.6 Å². The Morgan fingerprint density at radius 1 is 0.914 bits per heavy atom. The highest BCUT2D eigenvalue weighted by atomic mass is 32.2. The molecule has 0 saturated heterocycles.